The number of carbonyl (C=O) groups excluding carboxylic acids is 2. The Kier molecular flexibility index (Phi) is 10.4. The molecular formula is C31H32ClN7O6. The number of hydrogen-bond acceptors (Lipinski definition) is 11. The molecule has 0 aliphatic carbocycles. The average Bonchev–Trinajstić information content (AvgIpc) is 3.38. The number of nitrogens with two attached hydrogens (primary N) is 1. The smallest absolute Gasteiger partial charge is 0.407 e. The number of benzene rings is 2. The Bertz CT molecular complexity index is 1720. The Morgan fingerprint density at radius 1 is 1.11 bits per heavy atom. The van der Waals surface area contributed by atoms with E-state index in [4.69, 9.17) is 42.5 Å². The van der Waals surface area contributed by atoms with Crippen molar-refractivity contribution in [3.05, 3.63) is 87.8 Å². The van der Waals surface area contributed by atoms with Crippen molar-refractivity contribution in [1.82, 2.24) is 20.3 Å². The number of esters is 1. The number of aromatic nitrogens is 3. The number of halogens is 1. The molecule has 2 aromatic heterocycles. The van der Waals surface area contributed by atoms with E-state index >= 15 is 0 Å². The van der Waals surface area contributed by atoms with Gasteiger partial charge in [-0.3, -0.25) is 4.79 Å². The zero-order valence-corrected chi connectivity index (χ0v) is 25.9. The van der Waals surface area contributed by atoms with Gasteiger partial charge in [0, 0.05) is 37.5 Å². The molecule has 0 radical (unpaired) electrons. The SMILES string of the molecule is [C-]#[N+]/C(=C\c1nc2ccc(N(C)CCOC(=O)NCc3ccc(COc4cc(Cl)nc(N)n4)cc3)cc2o1)C(=O)OC(C)(C)C. The minimum Gasteiger partial charge on any atom is -0.473 e. The molecule has 2 aromatic carbocycles. The molecule has 0 atom stereocenters. The molecule has 234 valence electrons. The predicted molar refractivity (Wildman–Crippen MR) is 168 cm³/mol. The lowest BCUT2D eigenvalue weighted by atomic mass is 10.1. The summed E-state index contributed by atoms with van der Waals surface area (Å²) >= 11 is 5.86. The standard InChI is InChI=1S/C31H32ClN7O6/c1-31(2,3)45-28(40)23(34-4)15-27-36-22-11-10-21(14-24(22)44-27)39(5)12-13-42-30(41)35-17-19-6-8-20(9-7-19)18-43-26-16-25(32)37-29(33)38-26/h6-11,14-16H,12-13,17-18H2,1-3,5H3,(H,35,41)(H2,33,37,38)/b23-15-. The van der Waals surface area contributed by atoms with Crippen LogP contribution >= 0.6 is 11.6 Å². The predicted octanol–water partition coefficient (Wildman–Crippen LogP) is 5.40. The number of carbonyl (C=O) groups is 2. The number of rotatable bonds is 11. The highest BCUT2D eigenvalue weighted by Crippen LogP contribution is 2.24. The zero-order valence-electron chi connectivity index (χ0n) is 25.2. The Hall–Kier alpha value is -5.35. The summed E-state index contributed by atoms with van der Waals surface area (Å²) in [5.41, 5.74) is 8.20. The quantitative estimate of drug-likeness (QED) is 0.0942. The first-order valence-corrected chi connectivity index (χ1v) is 14.1. The van der Waals surface area contributed by atoms with Gasteiger partial charge >= 0.3 is 12.1 Å². The minimum absolute atomic E-state index is 0.0315. The molecular weight excluding hydrogens is 602 g/mol. The lowest BCUT2D eigenvalue weighted by Crippen LogP contribution is -2.28. The van der Waals surface area contributed by atoms with Crippen LogP contribution in [0, 0.1) is 6.57 Å². The van der Waals surface area contributed by atoms with Crippen LogP contribution in [0.1, 0.15) is 37.8 Å². The summed E-state index contributed by atoms with van der Waals surface area (Å²) in [5, 5.41) is 2.93. The van der Waals surface area contributed by atoms with E-state index in [0.717, 1.165) is 16.8 Å². The molecule has 0 aliphatic rings. The van der Waals surface area contributed by atoms with Gasteiger partial charge in [-0.05, 0) is 44.0 Å². The third-order valence-electron chi connectivity index (χ3n) is 6.01. The zero-order chi connectivity index (χ0) is 32.6. The highest BCUT2D eigenvalue weighted by atomic mass is 35.5. The van der Waals surface area contributed by atoms with Crippen molar-refractivity contribution < 1.29 is 28.2 Å². The van der Waals surface area contributed by atoms with Crippen LogP contribution in [0.3, 0.4) is 0 Å². The average molecular weight is 634 g/mol. The number of alkyl carbamates (subject to hydrolysis) is 1. The van der Waals surface area contributed by atoms with Gasteiger partial charge in [0.2, 0.25) is 17.7 Å². The number of nitrogen functional groups attached to an aromatic ring is 1. The topological polar surface area (TPSA) is 159 Å². The van der Waals surface area contributed by atoms with Crippen LogP contribution in [0.5, 0.6) is 5.88 Å². The Labute approximate surface area is 264 Å². The molecule has 0 saturated carbocycles. The van der Waals surface area contributed by atoms with E-state index in [1.807, 2.05) is 42.3 Å². The molecule has 3 N–H and O–H groups in total. The number of ether oxygens (including phenoxy) is 3. The van der Waals surface area contributed by atoms with E-state index in [9.17, 15) is 9.59 Å². The molecule has 13 nitrogen and oxygen atoms in total. The molecule has 45 heavy (non-hydrogen) atoms. The fourth-order valence-corrected chi connectivity index (χ4v) is 4.02. The van der Waals surface area contributed by atoms with Gasteiger partial charge in [-0.15, -0.1) is 0 Å². The highest BCUT2D eigenvalue weighted by molar-refractivity contribution is 6.29. The minimum atomic E-state index is -0.749. The molecule has 0 fully saturated rings. The molecule has 0 aliphatic heterocycles. The maximum Gasteiger partial charge on any atom is 0.407 e. The first-order chi connectivity index (χ1) is 21.4. The fourth-order valence-electron chi connectivity index (χ4n) is 3.84. The largest absolute Gasteiger partial charge is 0.473 e. The number of nitrogens with one attached hydrogen (secondary N) is 1. The second kappa shape index (κ2) is 14.4. The lowest BCUT2D eigenvalue weighted by molar-refractivity contribution is -0.149. The second-order valence-corrected chi connectivity index (χ2v) is 11.1. The van der Waals surface area contributed by atoms with E-state index in [0.29, 0.717) is 17.6 Å². The summed E-state index contributed by atoms with van der Waals surface area (Å²) < 4.78 is 21.9. The number of oxazole rings is 1. The normalized spacial score (nSPS) is 11.5. The molecule has 0 saturated heterocycles. The first kappa shape index (κ1) is 32.6. The van der Waals surface area contributed by atoms with Crippen LogP contribution in [0.15, 0.2) is 58.6 Å². The van der Waals surface area contributed by atoms with Gasteiger partial charge in [0.1, 0.15) is 29.5 Å². The van der Waals surface area contributed by atoms with Crippen molar-refractivity contribution in [3.8, 4) is 5.88 Å². The van der Waals surface area contributed by atoms with E-state index in [1.54, 1.807) is 32.9 Å². The van der Waals surface area contributed by atoms with Crippen molar-refractivity contribution in [2.75, 3.05) is 30.8 Å². The maximum absolute atomic E-state index is 12.3. The summed E-state index contributed by atoms with van der Waals surface area (Å²) in [6, 6.07) is 14.3. The van der Waals surface area contributed by atoms with Crippen molar-refractivity contribution in [1.29, 1.82) is 0 Å². The monoisotopic (exact) mass is 633 g/mol. The maximum atomic E-state index is 12.3. The van der Waals surface area contributed by atoms with Crippen LogP contribution in [0.2, 0.25) is 5.15 Å². The van der Waals surface area contributed by atoms with Crippen molar-refractivity contribution in [3.63, 3.8) is 0 Å². The second-order valence-electron chi connectivity index (χ2n) is 10.8. The number of anilines is 2. The number of fused-ring (bicyclic) bond motifs is 1. The van der Waals surface area contributed by atoms with Gasteiger partial charge in [0.25, 0.3) is 5.70 Å². The molecule has 4 aromatic rings. The van der Waals surface area contributed by atoms with E-state index < -0.39 is 17.7 Å². The number of nitrogens with zero attached hydrogens (tertiary/aromatic N) is 5. The van der Waals surface area contributed by atoms with Crippen molar-refractivity contribution in [2.24, 2.45) is 0 Å². The Morgan fingerprint density at radius 3 is 2.53 bits per heavy atom. The summed E-state index contributed by atoms with van der Waals surface area (Å²) in [6.07, 6.45) is 0.714. The van der Waals surface area contributed by atoms with Gasteiger partial charge in [0.15, 0.2) is 5.58 Å². The van der Waals surface area contributed by atoms with Crippen LogP contribution in [0.25, 0.3) is 22.0 Å². The highest BCUT2D eigenvalue weighted by Gasteiger charge is 2.21. The molecule has 0 unspecified atom stereocenters. The van der Waals surface area contributed by atoms with Crippen molar-refractivity contribution >= 4 is 52.5 Å². The van der Waals surface area contributed by atoms with Crippen LogP contribution < -0.4 is 20.7 Å². The van der Waals surface area contributed by atoms with Crippen LogP contribution in [-0.4, -0.2) is 52.8 Å². The summed E-state index contributed by atoms with van der Waals surface area (Å²) in [6.45, 7) is 13.6. The van der Waals surface area contributed by atoms with E-state index in [1.165, 1.54) is 12.1 Å². The van der Waals surface area contributed by atoms with Gasteiger partial charge in [-0.2, -0.15) is 4.98 Å². The summed E-state index contributed by atoms with van der Waals surface area (Å²) in [5.74, 6) is -0.326. The van der Waals surface area contributed by atoms with E-state index in [2.05, 4.69) is 25.1 Å². The first-order valence-electron chi connectivity index (χ1n) is 13.7. The summed E-state index contributed by atoms with van der Waals surface area (Å²) in [4.78, 5) is 41.7. The number of amides is 1. The fraction of sp³-hybridized carbons (Fsp3) is 0.290. The Morgan fingerprint density at radius 2 is 1.84 bits per heavy atom. The van der Waals surface area contributed by atoms with Gasteiger partial charge in [0.05, 0.1) is 13.1 Å². The Balaban J connectivity index is 1.22. The molecule has 2 heterocycles. The number of likely N-dealkylation sites (N-methyl/N-ethyl adjacent to an activating group) is 1. The van der Waals surface area contributed by atoms with Gasteiger partial charge < -0.3 is 34.6 Å². The molecule has 0 spiro atoms. The molecule has 14 heteroatoms. The van der Waals surface area contributed by atoms with Crippen LogP contribution in [-0.2, 0) is 27.4 Å². The third-order valence-corrected chi connectivity index (χ3v) is 6.21. The summed E-state index contributed by atoms with van der Waals surface area (Å²) in [7, 11) is 1.85. The molecule has 4 rings (SSSR count). The van der Waals surface area contributed by atoms with Crippen molar-refractivity contribution in [2.45, 2.75) is 39.5 Å². The number of hydrogen-bond donors (Lipinski definition) is 2. The lowest BCUT2D eigenvalue weighted by Gasteiger charge is -2.19. The molecule has 1 amide bonds. The van der Waals surface area contributed by atoms with Crippen LogP contribution in [0.4, 0.5) is 16.4 Å². The third kappa shape index (κ3) is 9.84. The van der Waals surface area contributed by atoms with Gasteiger partial charge in [-0.25, -0.2) is 19.6 Å². The van der Waals surface area contributed by atoms with E-state index in [-0.39, 0.29) is 48.3 Å². The molecule has 0 bridgehead atoms. The van der Waals surface area contributed by atoms with Gasteiger partial charge in [-0.1, -0.05) is 35.9 Å².